The molecule has 0 amide bonds. The van der Waals surface area contributed by atoms with Gasteiger partial charge >= 0.3 is 0 Å². The Kier molecular flexibility index (Phi) is 4.77. The number of phenols is 1. The highest BCUT2D eigenvalue weighted by Gasteiger charge is 2.26. The molecule has 2 aromatic heterocycles. The highest BCUT2D eigenvalue weighted by molar-refractivity contribution is 5.57. The Labute approximate surface area is 152 Å². The van der Waals surface area contributed by atoms with Crippen molar-refractivity contribution in [2.24, 2.45) is 0 Å². The van der Waals surface area contributed by atoms with E-state index in [-0.39, 0.29) is 11.8 Å². The number of aromatic hydroxyl groups is 1. The van der Waals surface area contributed by atoms with Crippen molar-refractivity contribution < 1.29 is 14.3 Å². The zero-order valence-corrected chi connectivity index (χ0v) is 14.8. The lowest BCUT2D eigenvalue weighted by Gasteiger charge is -2.33. The topological polar surface area (TPSA) is 63.7 Å². The number of imidazole rings is 1. The molecule has 1 aliphatic rings. The molecule has 3 heterocycles. The molecule has 6 nitrogen and oxygen atoms in total. The maximum absolute atomic E-state index is 9.80. The summed E-state index contributed by atoms with van der Waals surface area (Å²) in [6.07, 6.45) is 3.77. The Bertz CT molecular complexity index is 865. The van der Waals surface area contributed by atoms with E-state index in [0.717, 1.165) is 55.8 Å². The van der Waals surface area contributed by atoms with E-state index in [1.54, 1.807) is 18.3 Å². The number of rotatable bonds is 5. The molecule has 136 valence electrons. The fourth-order valence-corrected chi connectivity index (χ4v) is 3.46. The molecule has 0 radical (unpaired) electrons. The van der Waals surface area contributed by atoms with Crippen LogP contribution in [0.15, 0.2) is 53.2 Å². The van der Waals surface area contributed by atoms with Crippen molar-refractivity contribution in [2.75, 3.05) is 26.3 Å². The molecule has 0 spiro atoms. The monoisotopic (exact) mass is 353 g/mol. The summed E-state index contributed by atoms with van der Waals surface area (Å²) >= 11 is 0. The standard InChI is InChI=1S/C20H23N3O3/c1-15-5-6-19(26-15)18(22-9-11-25-12-10-22)14-23-8-7-21-20(23)16-3-2-4-17(24)13-16/h2-8,13,18,24H,9-12,14H2,1H3/t18-/m0/s1. The Morgan fingerprint density at radius 2 is 2.04 bits per heavy atom. The number of benzene rings is 1. The van der Waals surface area contributed by atoms with Crippen LogP contribution in [0.1, 0.15) is 17.6 Å². The minimum atomic E-state index is 0.109. The second-order valence-electron chi connectivity index (χ2n) is 6.57. The molecule has 26 heavy (non-hydrogen) atoms. The molecule has 1 aliphatic heterocycles. The van der Waals surface area contributed by atoms with Crippen molar-refractivity contribution in [1.29, 1.82) is 0 Å². The first-order valence-corrected chi connectivity index (χ1v) is 8.89. The van der Waals surface area contributed by atoms with Gasteiger partial charge in [0.2, 0.25) is 0 Å². The third-order valence-electron chi connectivity index (χ3n) is 4.77. The average molecular weight is 353 g/mol. The fraction of sp³-hybridized carbons (Fsp3) is 0.350. The van der Waals surface area contributed by atoms with Crippen molar-refractivity contribution in [3.63, 3.8) is 0 Å². The highest BCUT2D eigenvalue weighted by atomic mass is 16.5. The van der Waals surface area contributed by atoms with Crippen LogP contribution in [0, 0.1) is 6.92 Å². The molecule has 0 aliphatic carbocycles. The van der Waals surface area contributed by atoms with Gasteiger partial charge in [-0.1, -0.05) is 12.1 Å². The van der Waals surface area contributed by atoms with Gasteiger partial charge < -0.3 is 18.8 Å². The summed E-state index contributed by atoms with van der Waals surface area (Å²) in [7, 11) is 0. The summed E-state index contributed by atoms with van der Waals surface area (Å²) in [5.74, 6) is 2.95. The maximum atomic E-state index is 9.80. The summed E-state index contributed by atoms with van der Waals surface area (Å²) in [5, 5.41) is 9.80. The Balaban J connectivity index is 1.65. The van der Waals surface area contributed by atoms with Gasteiger partial charge in [-0.3, -0.25) is 4.90 Å². The van der Waals surface area contributed by atoms with Crippen LogP contribution in [0.4, 0.5) is 0 Å². The van der Waals surface area contributed by atoms with Gasteiger partial charge in [0.05, 0.1) is 19.3 Å². The first-order valence-electron chi connectivity index (χ1n) is 8.89. The van der Waals surface area contributed by atoms with E-state index in [2.05, 4.69) is 20.5 Å². The molecule has 1 saturated heterocycles. The number of furan rings is 1. The molecular formula is C20H23N3O3. The van der Waals surface area contributed by atoms with Crippen LogP contribution >= 0.6 is 0 Å². The quantitative estimate of drug-likeness (QED) is 0.763. The molecular weight excluding hydrogens is 330 g/mol. The molecule has 3 aromatic rings. The zero-order valence-electron chi connectivity index (χ0n) is 14.8. The number of nitrogens with zero attached hydrogens (tertiary/aromatic N) is 3. The van der Waals surface area contributed by atoms with Gasteiger partial charge in [0.1, 0.15) is 23.1 Å². The first kappa shape index (κ1) is 16.9. The Morgan fingerprint density at radius 1 is 1.19 bits per heavy atom. The first-order chi connectivity index (χ1) is 12.7. The van der Waals surface area contributed by atoms with E-state index < -0.39 is 0 Å². The summed E-state index contributed by atoms with van der Waals surface area (Å²) in [6.45, 7) is 5.91. The maximum Gasteiger partial charge on any atom is 0.140 e. The predicted molar refractivity (Wildman–Crippen MR) is 97.9 cm³/mol. The van der Waals surface area contributed by atoms with E-state index in [4.69, 9.17) is 9.15 Å². The molecule has 6 heteroatoms. The summed E-state index contributed by atoms with van der Waals surface area (Å²) in [4.78, 5) is 6.90. The van der Waals surface area contributed by atoms with Crippen molar-refractivity contribution in [3.05, 3.63) is 60.3 Å². The molecule has 1 N–H and O–H groups in total. The van der Waals surface area contributed by atoms with Crippen LogP contribution in [0.2, 0.25) is 0 Å². The fourth-order valence-electron chi connectivity index (χ4n) is 3.46. The number of phenolic OH excluding ortho intramolecular Hbond substituents is 1. The van der Waals surface area contributed by atoms with E-state index in [1.807, 2.05) is 31.3 Å². The van der Waals surface area contributed by atoms with E-state index in [9.17, 15) is 5.11 Å². The van der Waals surface area contributed by atoms with Crippen LogP contribution in [0.3, 0.4) is 0 Å². The van der Waals surface area contributed by atoms with Crippen LogP contribution < -0.4 is 0 Å². The number of hydrogen-bond acceptors (Lipinski definition) is 5. The van der Waals surface area contributed by atoms with Gasteiger partial charge in [0, 0.05) is 37.6 Å². The van der Waals surface area contributed by atoms with Crippen LogP contribution in [0.5, 0.6) is 5.75 Å². The van der Waals surface area contributed by atoms with Gasteiger partial charge in [-0.15, -0.1) is 0 Å². The largest absolute Gasteiger partial charge is 0.508 e. The molecule has 1 atom stereocenters. The normalized spacial score (nSPS) is 16.7. The summed E-state index contributed by atoms with van der Waals surface area (Å²) in [6, 6.07) is 11.4. The SMILES string of the molecule is Cc1ccc([C@H](Cn2ccnc2-c2cccc(O)c2)N2CCOCC2)o1. The van der Waals surface area contributed by atoms with Gasteiger partial charge in [0.15, 0.2) is 0 Å². The molecule has 0 saturated carbocycles. The predicted octanol–water partition coefficient (Wildman–Crippen LogP) is 3.23. The summed E-state index contributed by atoms with van der Waals surface area (Å²) < 4.78 is 13.6. The number of hydrogen-bond donors (Lipinski definition) is 1. The number of aryl methyl sites for hydroxylation is 1. The number of aromatic nitrogens is 2. The van der Waals surface area contributed by atoms with Gasteiger partial charge in [-0.2, -0.15) is 0 Å². The smallest absolute Gasteiger partial charge is 0.140 e. The highest BCUT2D eigenvalue weighted by Crippen LogP contribution is 2.28. The third kappa shape index (κ3) is 3.52. The van der Waals surface area contributed by atoms with E-state index in [1.165, 1.54) is 0 Å². The average Bonchev–Trinajstić information content (AvgIpc) is 3.29. The molecule has 0 unspecified atom stereocenters. The van der Waals surface area contributed by atoms with Crippen LogP contribution in [-0.4, -0.2) is 45.9 Å². The molecule has 1 aromatic carbocycles. The number of ether oxygens (including phenoxy) is 1. The minimum absolute atomic E-state index is 0.109. The van der Waals surface area contributed by atoms with Crippen molar-refractivity contribution in [3.8, 4) is 17.1 Å². The van der Waals surface area contributed by atoms with Crippen molar-refractivity contribution >= 4 is 0 Å². The lowest BCUT2D eigenvalue weighted by molar-refractivity contribution is 0.00745. The number of morpholine rings is 1. The van der Waals surface area contributed by atoms with Crippen molar-refractivity contribution in [1.82, 2.24) is 14.5 Å². The van der Waals surface area contributed by atoms with Crippen LogP contribution in [0.25, 0.3) is 11.4 Å². The Hall–Kier alpha value is -2.57. The van der Waals surface area contributed by atoms with E-state index in [0.29, 0.717) is 0 Å². The lowest BCUT2D eigenvalue weighted by atomic mass is 10.1. The lowest BCUT2D eigenvalue weighted by Crippen LogP contribution is -2.40. The van der Waals surface area contributed by atoms with E-state index >= 15 is 0 Å². The minimum Gasteiger partial charge on any atom is -0.508 e. The van der Waals surface area contributed by atoms with Gasteiger partial charge in [0.25, 0.3) is 0 Å². The second-order valence-corrected chi connectivity index (χ2v) is 6.57. The third-order valence-corrected chi connectivity index (χ3v) is 4.77. The van der Waals surface area contributed by atoms with Crippen molar-refractivity contribution in [2.45, 2.75) is 19.5 Å². The summed E-state index contributed by atoms with van der Waals surface area (Å²) in [5.41, 5.74) is 0.895. The Morgan fingerprint density at radius 3 is 2.77 bits per heavy atom. The molecule has 1 fully saturated rings. The van der Waals surface area contributed by atoms with Gasteiger partial charge in [-0.25, -0.2) is 4.98 Å². The molecule has 0 bridgehead atoms. The van der Waals surface area contributed by atoms with Gasteiger partial charge in [-0.05, 0) is 31.2 Å². The van der Waals surface area contributed by atoms with Crippen LogP contribution in [-0.2, 0) is 11.3 Å². The second kappa shape index (κ2) is 7.35. The zero-order chi connectivity index (χ0) is 17.9. The molecule has 4 rings (SSSR count).